The minimum absolute atomic E-state index is 0.0753. The number of piperidine rings is 1. The molecule has 0 amide bonds. The summed E-state index contributed by atoms with van der Waals surface area (Å²) in [5.74, 6) is -0.459. The van der Waals surface area contributed by atoms with Crippen molar-refractivity contribution in [3.63, 3.8) is 0 Å². The highest BCUT2D eigenvalue weighted by Crippen LogP contribution is 2.20. The first kappa shape index (κ1) is 14.7. The number of alkyl halides is 2. The third-order valence-corrected chi connectivity index (χ3v) is 3.44. The maximum Gasteiger partial charge on any atom is 0.251 e. The summed E-state index contributed by atoms with van der Waals surface area (Å²) in [6, 6.07) is 6.24. The lowest BCUT2D eigenvalue weighted by atomic mass is 10.0. The van der Waals surface area contributed by atoms with E-state index in [9.17, 15) is 13.2 Å². The van der Waals surface area contributed by atoms with E-state index in [2.05, 4.69) is 5.32 Å². The Morgan fingerprint density at radius 3 is 2.60 bits per heavy atom. The Balaban J connectivity index is 1.88. The minimum Gasteiger partial charge on any atom is -0.380 e. The maximum atomic E-state index is 13.7. The van der Waals surface area contributed by atoms with E-state index in [0.29, 0.717) is 31.6 Å². The quantitative estimate of drug-likeness (QED) is 0.923. The van der Waals surface area contributed by atoms with Crippen LogP contribution in [-0.2, 0) is 0 Å². The highest BCUT2D eigenvalue weighted by atomic mass is 19.3. The molecule has 0 unspecified atom stereocenters. The van der Waals surface area contributed by atoms with Gasteiger partial charge in [0.2, 0.25) is 0 Å². The van der Waals surface area contributed by atoms with Crippen LogP contribution in [0.3, 0.4) is 0 Å². The van der Waals surface area contributed by atoms with Crippen LogP contribution in [0.2, 0.25) is 0 Å². The average Bonchev–Trinajstić information content (AvgIpc) is 2.42. The maximum absolute atomic E-state index is 13.7. The molecular formula is C14H16F3N3. The number of nitrogens with one attached hydrogen (secondary N) is 1. The number of halogens is 3. The Hall–Kier alpha value is -1.74. The van der Waals surface area contributed by atoms with E-state index in [1.807, 2.05) is 6.07 Å². The second-order valence-electron chi connectivity index (χ2n) is 4.92. The van der Waals surface area contributed by atoms with Crippen LogP contribution >= 0.6 is 0 Å². The van der Waals surface area contributed by atoms with Crippen molar-refractivity contribution in [2.24, 2.45) is 0 Å². The highest BCUT2D eigenvalue weighted by Gasteiger charge is 2.21. The lowest BCUT2D eigenvalue weighted by Crippen LogP contribution is -2.41. The molecule has 1 heterocycles. The topological polar surface area (TPSA) is 39.1 Å². The van der Waals surface area contributed by atoms with Crippen molar-refractivity contribution in [2.45, 2.75) is 25.3 Å². The van der Waals surface area contributed by atoms with Crippen LogP contribution in [0.5, 0.6) is 0 Å². The van der Waals surface area contributed by atoms with E-state index in [1.165, 1.54) is 6.07 Å². The molecule has 1 N–H and O–H groups in total. The van der Waals surface area contributed by atoms with E-state index in [0.717, 1.165) is 0 Å². The predicted octanol–water partition coefficient (Wildman–Crippen LogP) is 2.84. The van der Waals surface area contributed by atoms with Crippen LogP contribution in [0.25, 0.3) is 0 Å². The molecule has 0 spiro atoms. The molecule has 0 atom stereocenters. The molecule has 1 aromatic carbocycles. The molecule has 0 radical (unpaired) electrons. The lowest BCUT2D eigenvalue weighted by molar-refractivity contribution is 0.0769. The zero-order chi connectivity index (χ0) is 14.5. The van der Waals surface area contributed by atoms with E-state index >= 15 is 0 Å². The van der Waals surface area contributed by atoms with E-state index in [-0.39, 0.29) is 18.2 Å². The molecule has 1 aromatic rings. The van der Waals surface area contributed by atoms with E-state index < -0.39 is 12.2 Å². The molecule has 1 aliphatic rings. The SMILES string of the molecule is N#Cc1ccc(NC2CCN(CC(F)F)CC2)c(F)c1. The third-order valence-electron chi connectivity index (χ3n) is 3.44. The number of rotatable bonds is 4. The standard InChI is InChI=1S/C14H16F3N3/c15-12-7-10(8-18)1-2-13(12)19-11-3-5-20(6-4-11)9-14(16)17/h1-2,7,11,14,19H,3-6,9H2. The Kier molecular flexibility index (Phi) is 4.85. The number of benzene rings is 1. The number of hydrogen-bond acceptors (Lipinski definition) is 3. The van der Waals surface area contributed by atoms with Crippen LogP contribution in [0.15, 0.2) is 18.2 Å². The van der Waals surface area contributed by atoms with E-state index in [1.54, 1.807) is 17.0 Å². The molecule has 6 heteroatoms. The van der Waals surface area contributed by atoms with Gasteiger partial charge >= 0.3 is 0 Å². The molecule has 1 saturated heterocycles. The molecule has 0 aliphatic carbocycles. The summed E-state index contributed by atoms with van der Waals surface area (Å²) in [6.45, 7) is 0.970. The minimum atomic E-state index is -2.31. The van der Waals surface area contributed by atoms with Gasteiger partial charge in [0.05, 0.1) is 23.9 Å². The van der Waals surface area contributed by atoms with Gasteiger partial charge in [-0.15, -0.1) is 0 Å². The van der Waals surface area contributed by atoms with Crippen molar-refractivity contribution in [3.05, 3.63) is 29.6 Å². The summed E-state index contributed by atoms with van der Waals surface area (Å²) < 4.78 is 38.2. The summed E-state index contributed by atoms with van der Waals surface area (Å²) in [7, 11) is 0. The number of nitrogens with zero attached hydrogens (tertiary/aromatic N) is 2. The highest BCUT2D eigenvalue weighted by molar-refractivity contribution is 5.49. The Labute approximate surface area is 116 Å². The first-order valence-corrected chi connectivity index (χ1v) is 6.55. The van der Waals surface area contributed by atoms with Crippen molar-refractivity contribution >= 4 is 5.69 Å². The normalized spacial score (nSPS) is 17.1. The predicted molar refractivity (Wildman–Crippen MR) is 70.2 cm³/mol. The fourth-order valence-electron chi connectivity index (χ4n) is 2.38. The monoisotopic (exact) mass is 283 g/mol. The Morgan fingerprint density at radius 1 is 1.35 bits per heavy atom. The van der Waals surface area contributed by atoms with Gasteiger partial charge in [-0.25, -0.2) is 13.2 Å². The second-order valence-corrected chi connectivity index (χ2v) is 4.92. The van der Waals surface area contributed by atoms with Crippen LogP contribution in [0, 0.1) is 17.1 Å². The summed E-state index contributed by atoms with van der Waals surface area (Å²) in [5.41, 5.74) is 0.635. The average molecular weight is 283 g/mol. The van der Waals surface area contributed by atoms with Crippen LogP contribution in [0.1, 0.15) is 18.4 Å². The van der Waals surface area contributed by atoms with Gasteiger partial charge in [0.25, 0.3) is 6.43 Å². The summed E-state index contributed by atoms with van der Waals surface area (Å²) >= 11 is 0. The molecule has 108 valence electrons. The zero-order valence-electron chi connectivity index (χ0n) is 11.0. The van der Waals surface area contributed by atoms with Crippen molar-refractivity contribution < 1.29 is 13.2 Å². The number of anilines is 1. The van der Waals surface area contributed by atoms with Crippen molar-refractivity contribution in [2.75, 3.05) is 25.0 Å². The smallest absolute Gasteiger partial charge is 0.251 e. The molecule has 0 bridgehead atoms. The lowest BCUT2D eigenvalue weighted by Gasteiger charge is -2.32. The zero-order valence-corrected chi connectivity index (χ0v) is 11.0. The summed E-state index contributed by atoms with van der Waals surface area (Å²) in [5, 5.41) is 11.7. The van der Waals surface area contributed by atoms with Gasteiger partial charge in [-0.3, -0.25) is 4.90 Å². The Bertz CT molecular complexity index is 491. The van der Waals surface area contributed by atoms with Crippen molar-refractivity contribution in [3.8, 4) is 6.07 Å². The van der Waals surface area contributed by atoms with Gasteiger partial charge in [-0.05, 0) is 31.0 Å². The van der Waals surface area contributed by atoms with Gasteiger partial charge in [-0.2, -0.15) is 5.26 Å². The first-order chi connectivity index (χ1) is 9.58. The molecule has 1 fully saturated rings. The van der Waals surface area contributed by atoms with Gasteiger partial charge in [0.15, 0.2) is 0 Å². The third kappa shape index (κ3) is 3.87. The number of hydrogen-bond donors (Lipinski definition) is 1. The van der Waals surface area contributed by atoms with Crippen molar-refractivity contribution in [1.82, 2.24) is 4.90 Å². The fraction of sp³-hybridized carbons (Fsp3) is 0.500. The molecule has 0 saturated carbocycles. The first-order valence-electron chi connectivity index (χ1n) is 6.55. The molecule has 1 aliphatic heterocycles. The van der Waals surface area contributed by atoms with Crippen LogP contribution < -0.4 is 5.32 Å². The molecule has 20 heavy (non-hydrogen) atoms. The van der Waals surface area contributed by atoms with Gasteiger partial charge in [0, 0.05) is 19.1 Å². The van der Waals surface area contributed by atoms with Crippen LogP contribution in [0.4, 0.5) is 18.9 Å². The van der Waals surface area contributed by atoms with E-state index in [4.69, 9.17) is 5.26 Å². The Morgan fingerprint density at radius 2 is 2.05 bits per heavy atom. The fourth-order valence-corrected chi connectivity index (χ4v) is 2.38. The van der Waals surface area contributed by atoms with Gasteiger partial charge in [0.1, 0.15) is 5.82 Å². The van der Waals surface area contributed by atoms with Gasteiger partial charge in [-0.1, -0.05) is 0 Å². The molecule has 3 nitrogen and oxygen atoms in total. The molecular weight excluding hydrogens is 267 g/mol. The van der Waals surface area contributed by atoms with Crippen molar-refractivity contribution in [1.29, 1.82) is 5.26 Å². The molecule has 2 rings (SSSR count). The van der Waals surface area contributed by atoms with Crippen LogP contribution in [-0.4, -0.2) is 37.0 Å². The summed E-state index contributed by atoms with van der Waals surface area (Å²) in [6.07, 6.45) is -0.909. The largest absolute Gasteiger partial charge is 0.380 e. The molecule has 0 aromatic heterocycles. The summed E-state index contributed by atoms with van der Waals surface area (Å²) in [4.78, 5) is 1.72. The van der Waals surface area contributed by atoms with Gasteiger partial charge < -0.3 is 5.32 Å². The number of likely N-dealkylation sites (tertiary alicyclic amines) is 1. The number of nitriles is 1. The second kappa shape index (κ2) is 6.62.